The number of nitrogens with zero attached hydrogens (tertiary/aromatic N) is 2. The molecule has 6 heteroatoms. The first-order chi connectivity index (χ1) is 8.58. The number of carboxylic acids is 1. The molecule has 1 saturated heterocycles. The van der Waals surface area contributed by atoms with Crippen LogP contribution >= 0.6 is 11.6 Å². The summed E-state index contributed by atoms with van der Waals surface area (Å²) in [5.41, 5.74) is 0.302. The Labute approximate surface area is 109 Å². The van der Waals surface area contributed by atoms with Gasteiger partial charge in [0, 0.05) is 18.8 Å². The maximum Gasteiger partial charge on any atom is 0.305 e. The third-order valence-corrected chi connectivity index (χ3v) is 3.22. The van der Waals surface area contributed by atoms with Crippen molar-refractivity contribution < 1.29 is 14.7 Å². The number of hydrogen-bond donors (Lipinski definition) is 1. The standard InChI is InChI=1S/C12H13ClN2O3/c13-8-3-4-10(14-7-8)12(18)15-5-1-2-9(15)6-11(16)17/h3-4,7,9H,1-2,5-6H2,(H,16,17). The van der Waals surface area contributed by atoms with Crippen LogP contribution < -0.4 is 0 Å². The smallest absolute Gasteiger partial charge is 0.305 e. The van der Waals surface area contributed by atoms with Crippen LogP contribution in [0.5, 0.6) is 0 Å². The molecule has 1 aromatic heterocycles. The minimum atomic E-state index is -0.885. The van der Waals surface area contributed by atoms with E-state index in [2.05, 4.69) is 4.98 Å². The molecule has 0 bridgehead atoms. The molecule has 1 atom stereocenters. The summed E-state index contributed by atoms with van der Waals surface area (Å²) in [5, 5.41) is 9.28. The van der Waals surface area contributed by atoms with Crippen molar-refractivity contribution in [1.82, 2.24) is 9.88 Å². The molecule has 5 nitrogen and oxygen atoms in total. The summed E-state index contributed by atoms with van der Waals surface area (Å²) in [7, 11) is 0. The molecule has 0 aromatic carbocycles. The summed E-state index contributed by atoms with van der Waals surface area (Å²) in [6, 6.07) is 2.93. The van der Waals surface area contributed by atoms with Crippen LogP contribution in [0.1, 0.15) is 29.8 Å². The largest absolute Gasteiger partial charge is 0.481 e. The van der Waals surface area contributed by atoms with Gasteiger partial charge in [-0.2, -0.15) is 0 Å². The summed E-state index contributed by atoms with van der Waals surface area (Å²) in [5.74, 6) is -1.11. The number of pyridine rings is 1. The summed E-state index contributed by atoms with van der Waals surface area (Å²) < 4.78 is 0. The zero-order chi connectivity index (χ0) is 13.1. The highest BCUT2D eigenvalue weighted by atomic mass is 35.5. The second kappa shape index (κ2) is 5.35. The fourth-order valence-corrected chi connectivity index (χ4v) is 2.28. The zero-order valence-electron chi connectivity index (χ0n) is 9.67. The number of aromatic nitrogens is 1. The van der Waals surface area contributed by atoms with E-state index in [1.807, 2.05) is 0 Å². The number of carbonyl (C=O) groups is 2. The number of carbonyl (C=O) groups excluding carboxylic acids is 1. The lowest BCUT2D eigenvalue weighted by atomic mass is 10.1. The van der Waals surface area contributed by atoms with Crippen molar-refractivity contribution in [3.8, 4) is 0 Å². The predicted molar refractivity (Wildman–Crippen MR) is 65.6 cm³/mol. The second-order valence-electron chi connectivity index (χ2n) is 4.25. The molecule has 0 saturated carbocycles. The molecule has 1 aliphatic rings. The first kappa shape index (κ1) is 12.8. The van der Waals surface area contributed by atoms with Crippen molar-refractivity contribution >= 4 is 23.5 Å². The molecule has 96 valence electrons. The number of hydrogen-bond acceptors (Lipinski definition) is 3. The second-order valence-corrected chi connectivity index (χ2v) is 4.69. The van der Waals surface area contributed by atoms with Gasteiger partial charge in [-0.1, -0.05) is 11.6 Å². The number of amides is 1. The molecular formula is C12H13ClN2O3. The molecule has 1 unspecified atom stereocenters. The Bertz CT molecular complexity index is 461. The Kier molecular flexibility index (Phi) is 3.81. The predicted octanol–water partition coefficient (Wildman–Crippen LogP) is 1.81. The highest BCUT2D eigenvalue weighted by molar-refractivity contribution is 6.30. The molecule has 18 heavy (non-hydrogen) atoms. The average molecular weight is 269 g/mol. The minimum absolute atomic E-state index is 0.0146. The normalized spacial score (nSPS) is 18.9. The van der Waals surface area contributed by atoms with Gasteiger partial charge in [0.2, 0.25) is 0 Å². The van der Waals surface area contributed by atoms with Crippen LogP contribution in [0.2, 0.25) is 5.02 Å². The Morgan fingerprint density at radius 2 is 2.28 bits per heavy atom. The van der Waals surface area contributed by atoms with Gasteiger partial charge in [0.25, 0.3) is 5.91 Å². The van der Waals surface area contributed by atoms with Crippen molar-refractivity contribution in [3.63, 3.8) is 0 Å². The van der Waals surface area contributed by atoms with Crippen LogP contribution in [0.3, 0.4) is 0 Å². The number of halogens is 1. The fraction of sp³-hybridized carbons (Fsp3) is 0.417. The van der Waals surface area contributed by atoms with Crippen LogP contribution in [-0.2, 0) is 4.79 Å². The third-order valence-electron chi connectivity index (χ3n) is 2.99. The molecule has 1 N–H and O–H groups in total. The van der Waals surface area contributed by atoms with Crippen LogP contribution in [-0.4, -0.2) is 39.5 Å². The summed E-state index contributed by atoms with van der Waals surface area (Å²) in [6.45, 7) is 0.584. The number of likely N-dealkylation sites (tertiary alicyclic amines) is 1. The monoisotopic (exact) mass is 268 g/mol. The van der Waals surface area contributed by atoms with E-state index in [0.717, 1.165) is 12.8 Å². The fourth-order valence-electron chi connectivity index (χ4n) is 2.17. The third kappa shape index (κ3) is 2.79. The van der Waals surface area contributed by atoms with Gasteiger partial charge < -0.3 is 10.0 Å². The highest BCUT2D eigenvalue weighted by Gasteiger charge is 2.31. The van der Waals surface area contributed by atoms with E-state index in [9.17, 15) is 9.59 Å². The first-order valence-corrected chi connectivity index (χ1v) is 6.10. The minimum Gasteiger partial charge on any atom is -0.481 e. The molecule has 1 amide bonds. The Hall–Kier alpha value is -1.62. The first-order valence-electron chi connectivity index (χ1n) is 5.72. The molecule has 1 fully saturated rings. The highest BCUT2D eigenvalue weighted by Crippen LogP contribution is 2.22. The Morgan fingerprint density at radius 1 is 1.50 bits per heavy atom. The lowest BCUT2D eigenvalue weighted by Gasteiger charge is -2.22. The van der Waals surface area contributed by atoms with Crippen LogP contribution in [0, 0.1) is 0 Å². The quantitative estimate of drug-likeness (QED) is 0.908. The van der Waals surface area contributed by atoms with Crippen molar-refractivity contribution in [2.75, 3.05) is 6.54 Å². The lowest BCUT2D eigenvalue weighted by molar-refractivity contribution is -0.137. The number of carboxylic acid groups (broad SMARTS) is 1. The average Bonchev–Trinajstić information content (AvgIpc) is 2.76. The zero-order valence-corrected chi connectivity index (χ0v) is 10.4. The van der Waals surface area contributed by atoms with Gasteiger partial charge in [-0.05, 0) is 25.0 Å². The maximum absolute atomic E-state index is 12.2. The van der Waals surface area contributed by atoms with Gasteiger partial charge in [-0.25, -0.2) is 4.98 Å². The van der Waals surface area contributed by atoms with E-state index >= 15 is 0 Å². The van der Waals surface area contributed by atoms with Gasteiger partial charge in [0.05, 0.1) is 11.4 Å². The van der Waals surface area contributed by atoms with Gasteiger partial charge in [-0.3, -0.25) is 9.59 Å². The van der Waals surface area contributed by atoms with E-state index in [-0.39, 0.29) is 18.4 Å². The number of rotatable bonds is 3. The van der Waals surface area contributed by atoms with Crippen molar-refractivity contribution in [3.05, 3.63) is 29.0 Å². The molecular weight excluding hydrogens is 256 g/mol. The molecule has 0 radical (unpaired) electrons. The topological polar surface area (TPSA) is 70.5 Å². The molecule has 0 spiro atoms. The molecule has 0 aliphatic carbocycles. The van der Waals surface area contributed by atoms with Crippen molar-refractivity contribution in [2.45, 2.75) is 25.3 Å². The van der Waals surface area contributed by atoms with E-state index < -0.39 is 5.97 Å². The van der Waals surface area contributed by atoms with Crippen molar-refractivity contribution in [1.29, 1.82) is 0 Å². The number of aliphatic carboxylic acids is 1. The van der Waals surface area contributed by atoms with E-state index in [0.29, 0.717) is 17.3 Å². The summed E-state index contributed by atoms with van der Waals surface area (Å²) in [6.07, 6.45) is 2.96. The lowest BCUT2D eigenvalue weighted by Crippen LogP contribution is -2.37. The summed E-state index contributed by atoms with van der Waals surface area (Å²) in [4.78, 5) is 28.5. The van der Waals surface area contributed by atoms with E-state index in [1.54, 1.807) is 17.0 Å². The van der Waals surface area contributed by atoms with Crippen LogP contribution in [0.25, 0.3) is 0 Å². The maximum atomic E-state index is 12.2. The van der Waals surface area contributed by atoms with E-state index in [4.69, 9.17) is 16.7 Å². The van der Waals surface area contributed by atoms with Gasteiger partial charge in [0.15, 0.2) is 0 Å². The van der Waals surface area contributed by atoms with Crippen LogP contribution in [0.15, 0.2) is 18.3 Å². The summed E-state index contributed by atoms with van der Waals surface area (Å²) >= 11 is 5.71. The molecule has 1 aliphatic heterocycles. The van der Waals surface area contributed by atoms with E-state index in [1.165, 1.54) is 6.20 Å². The van der Waals surface area contributed by atoms with Crippen LogP contribution in [0.4, 0.5) is 0 Å². The van der Waals surface area contributed by atoms with Gasteiger partial charge in [-0.15, -0.1) is 0 Å². The Balaban J connectivity index is 2.12. The molecule has 2 heterocycles. The van der Waals surface area contributed by atoms with Crippen molar-refractivity contribution in [2.24, 2.45) is 0 Å². The molecule has 2 rings (SSSR count). The Morgan fingerprint density at radius 3 is 2.89 bits per heavy atom. The van der Waals surface area contributed by atoms with Gasteiger partial charge in [0.1, 0.15) is 5.69 Å². The van der Waals surface area contributed by atoms with Gasteiger partial charge >= 0.3 is 5.97 Å². The SMILES string of the molecule is O=C(O)CC1CCCN1C(=O)c1ccc(Cl)cn1. The molecule has 1 aromatic rings.